The van der Waals surface area contributed by atoms with E-state index in [1.165, 1.54) is 5.56 Å². The van der Waals surface area contributed by atoms with Crippen LogP contribution in [-0.4, -0.2) is 34.5 Å². The van der Waals surface area contributed by atoms with Gasteiger partial charge in [0.2, 0.25) is 11.8 Å². The Labute approximate surface area is 169 Å². The van der Waals surface area contributed by atoms with Gasteiger partial charge in [0, 0.05) is 29.9 Å². The van der Waals surface area contributed by atoms with Gasteiger partial charge in [-0.15, -0.1) is 0 Å². The molecule has 1 aromatic carbocycles. The van der Waals surface area contributed by atoms with Crippen molar-refractivity contribution >= 4 is 23.4 Å². The first-order valence-corrected chi connectivity index (χ1v) is 10.1. The minimum atomic E-state index is -0.512. The summed E-state index contributed by atoms with van der Waals surface area (Å²) in [4.78, 5) is 38.9. The number of hydrogen-bond donors (Lipinski definition) is 3. The number of carbonyl (C=O) groups is 3. The van der Waals surface area contributed by atoms with Gasteiger partial charge in [-0.3, -0.25) is 30.3 Å². The van der Waals surface area contributed by atoms with Crippen LogP contribution in [0.25, 0.3) is 0 Å². The highest BCUT2D eigenvalue weighted by Crippen LogP contribution is 2.26. The molecule has 4 rings (SSSR count). The number of H-pyrrole nitrogens is 1. The van der Waals surface area contributed by atoms with Crippen LogP contribution in [0, 0.1) is 5.92 Å². The third kappa shape index (κ3) is 3.87. The van der Waals surface area contributed by atoms with Crippen molar-refractivity contribution in [3.63, 3.8) is 0 Å². The molecule has 1 saturated heterocycles. The molecule has 8 heteroatoms. The van der Waals surface area contributed by atoms with Gasteiger partial charge >= 0.3 is 0 Å². The van der Waals surface area contributed by atoms with Crippen molar-refractivity contribution in [2.45, 2.75) is 45.4 Å². The van der Waals surface area contributed by atoms with Gasteiger partial charge in [0.15, 0.2) is 5.69 Å². The van der Waals surface area contributed by atoms with Gasteiger partial charge in [-0.05, 0) is 49.8 Å². The molecule has 1 unspecified atom stereocenters. The number of hydrogen-bond acceptors (Lipinski definition) is 4. The lowest BCUT2D eigenvalue weighted by atomic mass is 9.96. The number of nitrogens with zero attached hydrogens (tertiary/aromatic N) is 2. The van der Waals surface area contributed by atoms with Crippen molar-refractivity contribution in [2.75, 3.05) is 11.4 Å². The Morgan fingerprint density at radius 3 is 2.69 bits per heavy atom. The fourth-order valence-electron chi connectivity index (χ4n) is 3.99. The van der Waals surface area contributed by atoms with Crippen LogP contribution in [0.5, 0.6) is 0 Å². The molecule has 2 heterocycles. The first kappa shape index (κ1) is 19.2. The summed E-state index contributed by atoms with van der Waals surface area (Å²) >= 11 is 0. The van der Waals surface area contributed by atoms with Crippen LogP contribution in [0.4, 0.5) is 5.69 Å². The molecule has 1 aliphatic carbocycles. The van der Waals surface area contributed by atoms with Crippen molar-refractivity contribution in [3.05, 3.63) is 46.8 Å². The van der Waals surface area contributed by atoms with E-state index in [-0.39, 0.29) is 18.2 Å². The molecule has 3 N–H and O–H groups in total. The Kier molecular flexibility index (Phi) is 5.33. The molecule has 0 radical (unpaired) electrons. The Hall–Kier alpha value is -3.16. The fourth-order valence-corrected chi connectivity index (χ4v) is 3.99. The number of anilines is 1. The second-order valence-corrected chi connectivity index (χ2v) is 7.61. The van der Waals surface area contributed by atoms with Crippen molar-refractivity contribution in [1.82, 2.24) is 21.0 Å². The molecule has 8 nitrogen and oxygen atoms in total. The SMILES string of the molecule is CCc1ccc(N2CC(C(=O)NNC(=O)c3n[nH]c4c3CCCC4)CC2=O)cc1. The summed E-state index contributed by atoms with van der Waals surface area (Å²) in [5.74, 6) is -1.42. The number of nitrogens with one attached hydrogen (secondary N) is 3. The van der Waals surface area contributed by atoms with E-state index in [2.05, 4.69) is 28.0 Å². The van der Waals surface area contributed by atoms with E-state index >= 15 is 0 Å². The Morgan fingerprint density at radius 2 is 1.93 bits per heavy atom. The monoisotopic (exact) mass is 395 g/mol. The molecule has 2 aliphatic rings. The van der Waals surface area contributed by atoms with E-state index < -0.39 is 11.8 Å². The molecule has 1 aliphatic heterocycles. The average molecular weight is 395 g/mol. The highest BCUT2D eigenvalue weighted by Gasteiger charge is 2.35. The van der Waals surface area contributed by atoms with Gasteiger partial charge in [0.05, 0.1) is 5.92 Å². The summed E-state index contributed by atoms with van der Waals surface area (Å²) in [5.41, 5.74) is 9.15. The van der Waals surface area contributed by atoms with Crippen molar-refractivity contribution in [2.24, 2.45) is 5.92 Å². The van der Waals surface area contributed by atoms with E-state index in [1.54, 1.807) is 4.90 Å². The lowest BCUT2D eigenvalue weighted by Crippen LogP contribution is -2.45. The van der Waals surface area contributed by atoms with Crippen molar-refractivity contribution < 1.29 is 14.4 Å². The molecule has 29 heavy (non-hydrogen) atoms. The van der Waals surface area contributed by atoms with Gasteiger partial charge in [0.25, 0.3) is 5.91 Å². The molecular formula is C21H25N5O3. The van der Waals surface area contributed by atoms with Gasteiger partial charge in [0.1, 0.15) is 0 Å². The second-order valence-electron chi connectivity index (χ2n) is 7.61. The summed E-state index contributed by atoms with van der Waals surface area (Å²) in [7, 11) is 0. The molecule has 1 aromatic heterocycles. The Morgan fingerprint density at radius 1 is 1.17 bits per heavy atom. The number of aromatic nitrogens is 2. The average Bonchev–Trinajstić information content (AvgIpc) is 3.35. The maximum atomic E-state index is 12.5. The molecule has 1 atom stereocenters. The van der Waals surface area contributed by atoms with Crippen LogP contribution in [-0.2, 0) is 28.9 Å². The highest BCUT2D eigenvalue weighted by atomic mass is 16.2. The molecular weight excluding hydrogens is 370 g/mol. The predicted octanol–water partition coefficient (Wildman–Crippen LogP) is 1.66. The number of rotatable bonds is 4. The van der Waals surface area contributed by atoms with E-state index in [0.717, 1.165) is 49.0 Å². The van der Waals surface area contributed by atoms with E-state index in [9.17, 15) is 14.4 Å². The first-order valence-electron chi connectivity index (χ1n) is 10.1. The van der Waals surface area contributed by atoms with Crippen LogP contribution in [0.2, 0.25) is 0 Å². The van der Waals surface area contributed by atoms with E-state index in [0.29, 0.717) is 12.2 Å². The fraction of sp³-hybridized carbons (Fsp3) is 0.429. The molecule has 0 bridgehead atoms. The lowest BCUT2D eigenvalue weighted by molar-refractivity contribution is -0.126. The van der Waals surface area contributed by atoms with E-state index in [4.69, 9.17) is 0 Å². The zero-order valence-electron chi connectivity index (χ0n) is 16.5. The first-order chi connectivity index (χ1) is 14.1. The van der Waals surface area contributed by atoms with Crippen molar-refractivity contribution in [3.8, 4) is 0 Å². The molecule has 3 amide bonds. The maximum Gasteiger partial charge on any atom is 0.290 e. The normalized spacial score (nSPS) is 18.4. The van der Waals surface area contributed by atoms with Crippen LogP contribution >= 0.6 is 0 Å². The minimum Gasteiger partial charge on any atom is -0.312 e. The number of carbonyl (C=O) groups excluding carboxylic acids is 3. The van der Waals surface area contributed by atoms with E-state index in [1.807, 2.05) is 24.3 Å². The third-order valence-electron chi connectivity index (χ3n) is 5.72. The molecule has 0 saturated carbocycles. The van der Waals surface area contributed by atoms with Gasteiger partial charge in [-0.2, -0.15) is 5.10 Å². The van der Waals surface area contributed by atoms with Crippen molar-refractivity contribution in [1.29, 1.82) is 0 Å². The smallest absolute Gasteiger partial charge is 0.290 e. The largest absolute Gasteiger partial charge is 0.312 e. The number of aromatic amines is 1. The zero-order chi connectivity index (χ0) is 20.4. The van der Waals surface area contributed by atoms with Gasteiger partial charge in [-0.1, -0.05) is 19.1 Å². The number of aryl methyl sites for hydroxylation is 2. The molecule has 1 fully saturated rings. The topological polar surface area (TPSA) is 107 Å². The third-order valence-corrected chi connectivity index (χ3v) is 5.72. The van der Waals surface area contributed by atoms with Gasteiger partial charge in [-0.25, -0.2) is 0 Å². The number of hydrazine groups is 1. The second kappa shape index (κ2) is 8.06. The minimum absolute atomic E-state index is 0.0953. The Bertz CT molecular complexity index is 934. The number of fused-ring (bicyclic) bond motifs is 1. The van der Waals surface area contributed by atoms with Crippen LogP contribution < -0.4 is 15.8 Å². The van der Waals surface area contributed by atoms with Crippen LogP contribution in [0.3, 0.4) is 0 Å². The summed E-state index contributed by atoms with van der Waals surface area (Å²) in [6.45, 7) is 2.37. The maximum absolute atomic E-state index is 12.5. The molecule has 0 spiro atoms. The summed E-state index contributed by atoms with van der Waals surface area (Å²) < 4.78 is 0. The highest BCUT2D eigenvalue weighted by molar-refractivity contribution is 6.01. The summed E-state index contributed by atoms with van der Waals surface area (Å²) in [6, 6.07) is 7.78. The zero-order valence-corrected chi connectivity index (χ0v) is 16.5. The molecule has 152 valence electrons. The quantitative estimate of drug-likeness (QED) is 0.685. The number of amides is 3. The summed E-state index contributed by atoms with van der Waals surface area (Å²) in [5, 5.41) is 7.01. The Balaban J connectivity index is 1.34. The van der Waals surface area contributed by atoms with Crippen LogP contribution in [0.1, 0.15) is 53.5 Å². The van der Waals surface area contributed by atoms with Crippen LogP contribution in [0.15, 0.2) is 24.3 Å². The number of benzene rings is 1. The standard InChI is InChI=1S/C21H25N5O3/c1-2-13-7-9-15(10-8-13)26-12-14(11-18(26)27)20(28)24-25-21(29)19-16-5-3-4-6-17(16)22-23-19/h7-10,14H,2-6,11-12H2,1H3,(H,22,23)(H,24,28)(H,25,29). The van der Waals surface area contributed by atoms with Gasteiger partial charge < -0.3 is 4.90 Å². The molecule has 2 aromatic rings. The predicted molar refractivity (Wildman–Crippen MR) is 107 cm³/mol. The summed E-state index contributed by atoms with van der Waals surface area (Å²) in [6.07, 6.45) is 4.86. The lowest BCUT2D eigenvalue weighted by Gasteiger charge is -2.17.